The maximum Gasteiger partial charge on any atom is 0.237 e. The van der Waals surface area contributed by atoms with Gasteiger partial charge >= 0.3 is 0 Å². The lowest BCUT2D eigenvalue weighted by Gasteiger charge is -2.21. The van der Waals surface area contributed by atoms with Gasteiger partial charge in [0.25, 0.3) is 0 Å². The predicted molar refractivity (Wildman–Crippen MR) is 73.4 cm³/mol. The molecule has 0 radical (unpaired) electrons. The summed E-state index contributed by atoms with van der Waals surface area (Å²) in [4.78, 5) is 15.5. The normalized spacial score (nSPS) is 15.8. The number of carbonyl (C=O) groups is 1. The fraction of sp³-hybridized carbons (Fsp3) is 0.545. The molecule has 1 aromatic heterocycles. The van der Waals surface area contributed by atoms with E-state index >= 15 is 0 Å². The van der Waals surface area contributed by atoms with Gasteiger partial charge in [-0.2, -0.15) is 5.10 Å². The third kappa shape index (κ3) is 3.71. The Morgan fingerprint density at radius 3 is 2.83 bits per heavy atom. The number of hydrogen-bond donors (Lipinski definition) is 0. The first-order valence-electron chi connectivity index (χ1n) is 5.67. The lowest BCUT2D eigenvalue weighted by molar-refractivity contribution is -0.128. The zero-order valence-corrected chi connectivity index (χ0v) is 11.5. The molecule has 0 aliphatic carbocycles. The first kappa shape index (κ1) is 15.0. The van der Waals surface area contributed by atoms with Crippen LogP contribution in [0.4, 0.5) is 5.82 Å². The third-order valence-electron chi connectivity index (χ3n) is 2.85. The summed E-state index contributed by atoms with van der Waals surface area (Å²) >= 11 is 5.56. The molecule has 1 fully saturated rings. The molecule has 0 saturated carbocycles. The minimum atomic E-state index is 0. The second-order valence-electron chi connectivity index (χ2n) is 3.94. The zero-order valence-electron chi connectivity index (χ0n) is 9.96. The monoisotopic (exact) mass is 290 g/mol. The Labute approximate surface area is 118 Å². The van der Waals surface area contributed by atoms with E-state index in [0.29, 0.717) is 6.54 Å². The van der Waals surface area contributed by atoms with Gasteiger partial charge in [0.05, 0.1) is 0 Å². The average Bonchev–Trinajstić information content (AvgIpc) is 2.64. The van der Waals surface area contributed by atoms with E-state index in [0.717, 1.165) is 31.9 Å². The van der Waals surface area contributed by atoms with Gasteiger partial charge in [0.15, 0.2) is 5.82 Å². The van der Waals surface area contributed by atoms with Gasteiger partial charge in [-0.05, 0) is 18.6 Å². The van der Waals surface area contributed by atoms with E-state index in [9.17, 15) is 4.79 Å². The van der Waals surface area contributed by atoms with Crippen LogP contribution in [-0.4, -0.2) is 53.1 Å². The fourth-order valence-corrected chi connectivity index (χ4v) is 2.11. The molecule has 7 heteroatoms. The molecule has 1 amide bonds. The SMILES string of the molecule is Cl.O=C(CCl)N1CCCN(c2cccnn2)CC1. The fourth-order valence-electron chi connectivity index (χ4n) is 1.94. The highest BCUT2D eigenvalue weighted by Gasteiger charge is 2.18. The van der Waals surface area contributed by atoms with Gasteiger partial charge in [0, 0.05) is 32.4 Å². The van der Waals surface area contributed by atoms with Crippen LogP contribution in [-0.2, 0) is 4.79 Å². The summed E-state index contributed by atoms with van der Waals surface area (Å²) < 4.78 is 0. The van der Waals surface area contributed by atoms with Crippen molar-refractivity contribution in [2.24, 2.45) is 0 Å². The first-order chi connectivity index (χ1) is 8.31. The Bertz CT molecular complexity index is 377. The van der Waals surface area contributed by atoms with Crippen LogP contribution in [0.5, 0.6) is 0 Å². The molecule has 1 aliphatic heterocycles. The molecule has 0 bridgehead atoms. The number of carbonyl (C=O) groups excluding carboxylic acids is 1. The van der Waals surface area contributed by atoms with E-state index in [4.69, 9.17) is 11.6 Å². The summed E-state index contributed by atoms with van der Waals surface area (Å²) in [7, 11) is 0. The quantitative estimate of drug-likeness (QED) is 0.768. The smallest absolute Gasteiger partial charge is 0.237 e. The Hall–Kier alpha value is -1.07. The van der Waals surface area contributed by atoms with Crippen molar-refractivity contribution in [1.82, 2.24) is 15.1 Å². The summed E-state index contributed by atoms with van der Waals surface area (Å²) in [5, 5.41) is 7.95. The number of alkyl halides is 1. The highest BCUT2D eigenvalue weighted by molar-refractivity contribution is 6.27. The number of aromatic nitrogens is 2. The third-order valence-corrected chi connectivity index (χ3v) is 3.07. The first-order valence-corrected chi connectivity index (χ1v) is 6.21. The molecule has 2 rings (SSSR count). The molecule has 100 valence electrons. The molecular formula is C11H16Cl2N4O. The average molecular weight is 291 g/mol. The second-order valence-corrected chi connectivity index (χ2v) is 4.20. The second kappa shape index (κ2) is 7.38. The lowest BCUT2D eigenvalue weighted by atomic mass is 10.3. The highest BCUT2D eigenvalue weighted by atomic mass is 35.5. The van der Waals surface area contributed by atoms with Crippen molar-refractivity contribution in [2.45, 2.75) is 6.42 Å². The molecule has 0 atom stereocenters. The zero-order chi connectivity index (χ0) is 12.1. The van der Waals surface area contributed by atoms with Gasteiger partial charge < -0.3 is 9.80 Å². The molecule has 0 spiro atoms. The Kier molecular flexibility index (Phi) is 6.15. The Morgan fingerprint density at radius 1 is 1.33 bits per heavy atom. The summed E-state index contributed by atoms with van der Waals surface area (Å²) in [6.45, 7) is 3.14. The number of halogens is 2. The molecule has 1 aliphatic rings. The van der Waals surface area contributed by atoms with E-state index < -0.39 is 0 Å². The Morgan fingerprint density at radius 2 is 2.17 bits per heavy atom. The van der Waals surface area contributed by atoms with Crippen molar-refractivity contribution in [3.8, 4) is 0 Å². The summed E-state index contributed by atoms with van der Waals surface area (Å²) in [5.74, 6) is 0.936. The number of anilines is 1. The van der Waals surface area contributed by atoms with E-state index in [2.05, 4.69) is 15.1 Å². The van der Waals surface area contributed by atoms with Crippen LogP contribution in [0.1, 0.15) is 6.42 Å². The maximum absolute atomic E-state index is 11.5. The van der Waals surface area contributed by atoms with Gasteiger partial charge in [0.2, 0.25) is 5.91 Å². The van der Waals surface area contributed by atoms with Crippen molar-refractivity contribution in [3.05, 3.63) is 18.3 Å². The summed E-state index contributed by atoms with van der Waals surface area (Å²) in [6, 6.07) is 3.81. The van der Waals surface area contributed by atoms with Crippen molar-refractivity contribution in [2.75, 3.05) is 37.0 Å². The molecule has 0 N–H and O–H groups in total. The molecule has 1 saturated heterocycles. The van der Waals surface area contributed by atoms with Crippen LogP contribution >= 0.6 is 24.0 Å². The molecule has 1 aromatic rings. The van der Waals surface area contributed by atoms with Crippen molar-refractivity contribution >= 4 is 35.7 Å². The van der Waals surface area contributed by atoms with E-state index in [1.165, 1.54) is 0 Å². The molecule has 0 unspecified atom stereocenters. The molecule has 2 heterocycles. The largest absolute Gasteiger partial charge is 0.353 e. The van der Waals surface area contributed by atoms with Gasteiger partial charge in [-0.1, -0.05) is 0 Å². The van der Waals surface area contributed by atoms with E-state index in [1.54, 1.807) is 6.20 Å². The minimum Gasteiger partial charge on any atom is -0.353 e. The highest BCUT2D eigenvalue weighted by Crippen LogP contribution is 2.12. The summed E-state index contributed by atoms with van der Waals surface area (Å²) in [6.07, 6.45) is 2.59. The van der Waals surface area contributed by atoms with Crippen molar-refractivity contribution in [1.29, 1.82) is 0 Å². The van der Waals surface area contributed by atoms with Crippen LogP contribution in [0, 0.1) is 0 Å². The number of amides is 1. The van der Waals surface area contributed by atoms with Crippen LogP contribution in [0.2, 0.25) is 0 Å². The number of hydrogen-bond acceptors (Lipinski definition) is 4. The van der Waals surface area contributed by atoms with E-state index in [1.807, 2.05) is 17.0 Å². The molecule has 5 nitrogen and oxygen atoms in total. The van der Waals surface area contributed by atoms with E-state index in [-0.39, 0.29) is 24.2 Å². The standard InChI is InChI=1S/C11H15ClN4O.ClH/c12-9-11(17)16-6-2-5-15(7-8-16)10-3-1-4-13-14-10;/h1,3-4H,2,5-9H2;1H. The lowest BCUT2D eigenvalue weighted by Crippen LogP contribution is -2.36. The number of rotatable bonds is 2. The van der Waals surface area contributed by atoms with Crippen LogP contribution in [0.25, 0.3) is 0 Å². The van der Waals surface area contributed by atoms with Gasteiger partial charge in [-0.15, -0.1) is 29.1 Å². The van der Waals surface area contributed by atoms with Crippen LogP contribution < -0.4 is 4.90 Å². The topological polar surface area (TPSA) is 49.3 Å². The van der Waals surface area contributed by atoms with Crippen molar-refractivity contribution < 1.29 is 4.79 Å². The van der Waals surface area contributed by atoms with Gasteiger partial charge in [-0.25, -0.2) is 0 Å². The van der Waals surface area contributed by atoms with Crippen LogP contribution in [0.15, 0.2) is 18.3 Å². The maximum atomic E-state index is 11.5. The summed E-state index contributed by atoms with van der Waals surface area (Å²) in [5.41, 5.74) is 0. The van der Waals surface area contributed by atoms with Crippen molar-refractivity contribution in [3.63, 3.8) is 0 Å². The number of nitrogens with zero attached hydrogens (tertiary/aromatic N) is 4. The van der Waals surface area contributed by atoms with Gasteiger partial charge in [-0.3, -0.25) is 4.79 Å². The molecule has 18 heavy (non-hydrogen) atoms. The Balaban J connectivity index is 0.00000162. The molecular weight excluding hydrogens is 275 g/mol. The van der Waals surface area contributed by atoms with Crippen LogP contribution in [0.3, 0.4) is 0 Å². The van der Waals surface area contributed by atoms with Gasteiger partial charge in [0.1, 0.15) is 5.88 Å². The molecule has 0 aromatic carbocycles. The minimum absolute atomic E-state index is 0. The predicted octanol–water partition coefficient (Wildman–Crippen LogP) is 1.18.